The van der Waals surface area contributed by atoms with Gasteiger partial charge in [0.25, 0.3) is 0 Å². The highest BCUT2D eigenvalue weighted by Gasteiger charge is 2.19. The van der Waals surface area contributed by atoms with Gasteiger partial charge < -0.3 is 10.0 Å². The molecule has 3 rings (SSSR count). The minimum atomic E-state index is -0.255. The highest BCUT2D eigenvalue weighted by atomic mass is 19.1. The van der Waals surface area contributed by atoms with Gasteiger partial charge in [0.2, 0.25) is 0 Å². The van der Waals surface area contributed by atoms with E-state index in [2.05, 4.69) is 14.9 Å². The number of aromatic nitrogens is 2. The number of aryl methyl sites for hydroxylation is 1. The van der Waals surface area contributed by atoms with Crippen LogP contribution in [0.25, 0.3) is 11.3 Å². The molecule has 21 heavy (non-hydrogen) atoms. The average molecular weight is 287 g/mol. The minimum absolute atomic E-state index is 0.208. The van der Waals surface area contributed by atoms with Crippen LogP contribution in [0.5, 0.6) is 0 Å². The van der Waals surface area contributed by atoms with E-state index in [4.69, 9.17) is 0 Å². The first-order chi connectivity index (χ1) is 10.1. The number of hydrogen-bond acceptors (Lipinski definition) is 4. The van der Waals surface area contributed by atoms with E-state index in [9.17, 15) is 9.50 Å². The maximum Gasteiger partial charge on any atom is 0.132 e. The van der Waals surface area contributed by atoms with Gasteiger partial charge in [-0.3, -0.25) is 0 Å². The Morgan fingerprint density at radius 3 is 2.48 bits per heavy atom. The molecule has 0 atom stereocenters. The summed E-state index contributed by atoms with van der Waals surface area (Å²) in [5.74, 6) is 1.31. The van der Waals surface area contributed by atoms with Crippen molar-refractivity contribution in [3.63, 3.8) is 0 Å². The van der Waals surface area contributed by atoms with Gasteiger partial charge in [-0.1, -0.05) is 0 Å². The molecule has 0 saturated carbocycles. The van der Waals surface area contributed by atoms with Gasteiger partial charge in [0.1, 0.15) is 17.5 Å². The van der Waals surface area contributed by atoms with Crippen molar-refractivity contribution in [1.29, 1.82) is 0 Å². The molecule has 1 aliphatic heterocycles. The molecule has 0 aliphatic carbocycles. The molecule has 0 bridgehead atoms. The van der Waals surface area contributed by atoms with Crippen molar-refractivity contribution >= 4 is 5.82 Å². The van der Waals surface area contributed by atoms with Crippen molar-refractivity contribution in [2.24, 2.45) is 0 Å². The van der Waals surface area contributed by atoms with Crippen LogP contribution in [-0.4, -0.2) is 34.3 Å². The number of nitrogens with zero attached hydrogens (tertiary/aromatic N) is 3. The van der Waals surface area contributed by atoms with Crippen LogP contribution < -0.4 is 4.90 Å². The molecular formula is C16H18FN3O. The van der Waals surface area contributed by atoms with Gasteiger partial charge in [0, 0.05) is 24.7 Å². The van der Waals surface area contributed by atoms with Gasteiger partial charge in [-0.25, -0.2) is 14.4 Å². The predicted octanol–water partition coefficient (Wildman–Crippen LogP) is 2.55. The number of anilines is 1. The Hall–Kier alpha value is -2.01. The second-order valence-corrected chi connectivity index (χ2v) is 5.38. The standard InChI is InChI=1S/C16H18FN3O/c1-11-18-15(12-2-4-13(17)5-3-12)10-16(19-11)20-8-6-14(21)7-9-20/h2-5,10,14,21H,6-9H2,1H3. The van der Waals surface area contributed by atoms with Crippen molar-refractivity contribution in [2.75, 3.05) is 18.0 Å². The monoisotopic (exact) mass is 287 g/mol. The first-order valence-electron chi connectivity index (χ1n) is 7.16. The van der Waals surface area contributed by atoms with E-state index >= 15 is 0 Å². The normalized spacial score (nSPS) is 16.2. The van der Waals surface area contributed by atoms with Crippen LogP contribution in [0.2, 0.25) is 0 Å². The van der Waals surface area contributed by atoms with E-state index in [0.717, 1.165) is 43.0 Å². The van der Waals surface area contributed by atoms with Crippen LogP contribution in [0.3, 0.4) is 0 Å². The zero-order valence-electron chi connectivity index (χ0n) is 12.0. The molecule has 1 aromatic heterocycles. The van der Waals surface area contributed by atoms with E-state index in [1.165, 1.54) is 12.1 Å². The van der Waals surface area contributed by atoms with Gasteiger partial charge in [-0.15, -0.1) is 0 Å². The Morgan fingerprint density at radius 1 is 1.14 bits per heavy atom. The lowest BCUT2D eigenvalue weighted by Crippen LogP contribution is -2.36. The van der Waals surface area contributed by atoms with Gasteiger partial charge in [-0.2, -0.15) is 0 Å². The fourth-order valence-corrected chi connectivity index (χ4v) is 2.58. The molecule has 1 fully saturated rings. The quantitative estimate of drug-likeness (QED) is 0.922. The molecule has 2 heterocycles. The molecule has 0 spiro atoms. The van der Waals surface area contributed by atoms with E-state index in [-0.39, 0.29) is 11.9 Å². The molecule has 1 saturated heterocycles. The third-order valence-electron chi connectivity index (χ3n) is 3.75. The van der Waals surface area contributed by atoms with Crippen molar-refractivity contribution in [3.05, 3.63) is 42.0 Å². The largest absolute Gasteiger partial charge is 0.393 e. The Balaban J connectivity index is 1.91. The molecule has 1 aliphatic rings. The highest BCUT2D eigenvalue weighted by molar-refractivity contribution is 5.63. The molecule has 0 radical (unpaired) electrons. The number of benzene rings is 1. The SMILES string of the molecule is Cc1nc(-c2ccc(F)cc2)cc(N2CCC(O)CC2)n1. The van der Waals surface area contributed by atoms with Crippen molar-refractivity contribution < 1.29 is 9.50 Å². The van der Waals surface area contributed by atoms with Crippen molar-refractivity contribution in [2.45, 2.75) is 25.9 Å². The van der Waals surface area contributed by atoms with Gasteiger partial charge in [0.05, 0.1) is 11.8 Å². The van der Waals surface area contributed by atoms with Crippen molar-refractivity contribution in [3.8, 4) is 11.3 Å². The van der Waals surface area contributed by atoms with Crippen LogP contribution in [0.4, 0.5) is 10.2 Å². The fraction of sp³-hybridized carbons (Fsp3) is 0.375. The summed E-state index contributed by atoms with van der Waals surface area (Å²) in [5, 5.41) is 9.59. The van der Waals surface area contributed by atoms with Gasteiger partial charge in [-0.05, 0) is 44.0 Å². The summed E-state index contributed by atoms with van der Waals surface area (Å²) in [4.78, 5) is 11.1. The lowest BCUT2D eigenvalue weighted by Gasteiger charge is -2.30. The van der Waals surface area contributed by atoms with E-state index in [1.807, 2.05) is 13.0 Å². The van der Waals surface area contributed by atoms with Gasteiger partial charge >= 0.3 is 0 Å². The molecule has 0 amide bonds. The molecule has 2 aromatic rings. The maximum atomic E-state index is 13.0. The zero-order valence-corrected chi connectivity index (χ0v) is 12.0. The lowest BCUT2D eigenvalue weighted by molar-refractivity contribution is 0.145. The Labute approximate surface area is 123 Å². The molecule has 0 unspecified atom stereocenters. The van der Waals surface area contributed by atoms with Crippen LogP contribution in [0.1, 0.15) is 18.7 Å². The maximum absolute atomic E-state index is 13.0. The lowest BCUT2D eigenvalue weighted by atomic mass is 10.1. The second-order valence-electron chi connectivity index (χ2n) is 5.38. The van der Waals surface area contributed by atoms with Gasteiger partial charge in [0.15, 0.2) is 0 Å². The first kappa shape index (κ1) is 13.9. The van der Waals surface area contributed by atoms with Crippen LogP contribution in [-0.2, 0) is 0 Å². The molecule has 110 valence electrons. The van der Waals surface area contributed by atoms with E-state index in [1.54, 1.807) is 12.1 Å². The summed E-state index contributed by atoms with van der Waals surface area (Å²) in [6.07, 6.45) is 1.31. The number of piperidine rings is 1. The summed E-state index contributed by atoms with van der Waals surface area (Å²) < 4.78 is 13.0. The number of rotatable bonds is 2. The first-order valence-corrected chi connectivity index (χ1v) is 7.16. The number of halogens is 1. The molecule has 5 heteroatoms. The van der Waals surface area contributed by atoms with Crippen LogP contribution >= 0.6 is 0 Å². The fourth-order valence-electron chi connectivity index (χ4n) is 2.58. The number of aliphatic hydroxyl groups excluding tert-OH is 1. The molecular weight excluding hydrogens is 269 g/mol. The smallest absolute Gasteiger partial charge is 0.132 e. The Morgan fingerprint density at radius 2 is 1.81 bits per heavy atom. The molecule has 1 N–H and O–H groups in total. The number of hydrogen-bond donors (Lipinski definition) is 1. The summed E-state index contributed by atoms with van der Waals surface area (Å²) in [5.41, 5.74) is 1.67. The molecule has 4 nitrogen and oxygen atoms in total. The molecule has 1 aromatic carbocycles. The topological polar surface area (TPSA) is 49.2 Å². The summed E-state index contributed by atoms with van der Waals surface area (Å²) >= 11 is 0. The van der Waals surface area contributed by atoms with Crippen LogP contribution in [0.15, 0.2) is 30.3 Å². The summed E-state index contributed by atoms with van der Waals surface area (Å²) in [6, 6.07) is 8.24. The Kier molecular flexibility index (Phi) is 3.84. The zero-order chi connectivity index (χ0) is 14.8. The average Bonchev–Trinajstić information content (AvgIpc) is 2.48. The van der Waals surface area contributed by atoms with Crippen molar-refractivity contribution in [1.82, 2.24) is 9.97 Å². The number of aliphatic hydroxyl groups is 1. The minimum Gasteiger partial charge on any atom is -0.393 e. The third kappa shape index (κ3) is 3.19. The highest BCUT2D eigenvalue weighted by Crippen LogP contribution is 2.24. The van der Waals surface area contributed by atoms with E-state index < -0.39 is 0 Å². The van der Waals surface area contributed by atoms with Crippen LogP contribution in [0, 0.1) is 12.7 Å². The van der Waals surface area contributed by atoms with E-state index in [0.29, 0.717) is 5.82 Å². The predicted molar refractivity (Wildman–Crippen MR) is 79.6 cm³/mol. The summed E-state index contributed by atoms with van der Waals surface area (Å²) in [7, 11) is 0. The Bertz CT molecular complexity index is 622. The summed E-state index contributed by atoms with van der Waals surface area (Å²) in [6.45, 7) is 3.44. The second kappa shape index (κ2) is 5.77. The third-order valence-corrected chi connectivity index (χ3v) is 3.75.